The Morgan fingerprint density at radius 3 is 2.25 bits per heavy atom. The van der Waals surface area contributed by atoms with E-state index < -0.39 is 5.82 Å². The molecular weight excluding hydrogens is 322 g/mol. The number of nitrogens with zero attached hydrogens (tertiary/aromatic N) is 2. The van der Waals surface area contributed by atoms with Gasteiger partial charge in [-0.15, -0.1) is 0 Å². The number of hydrogen-bond acceptors (Lipinski definition) is 2. The van der Waals surface area contributed by atoms with E-state index in [-0.39, 0.29) is 10.7 Å². The zero-order valence-corrected chi connectivity index (χ0v) is 12.1. The Kier molecular flexibility index (Phi) is 3.50. The lowest BCUT2D eigenvalue weighted by Crippen LogP contribution is -1.94. The van der Waals surface area contributed by atoms with Crippen molar-refractivity contribution in [2.45, 2.75) is 0 Å². The molecule has 3 aromatic rings. The van der Waals surface area contributed by atoms with Gasteiger partial charge in [0, 0.05) is 10.6 Å². The summed E-state index contributed by atoms with van der Waals surface area (Å²) in [7, 11) is 0. The molecule has 20 heavy (non-hydrogen) atoms. The maximum Gasteiger partial charge on any atom is 0.161 e. The monoisotopic (exact) mass is 326 g/mol. The van der Waals surface area contributed by atoms with Crippen LogP contribution in [0.4, 0.5) is 4.39 Å². The van der Waals surface area contributed by atoms with Crippen molar-refractivity contribution in [3.05, 3.63) is 57.4 Å². The molecule has 2 nitrogen and oxygen atoms in total. The molecule has 1 heterocycles. The summed E-state index contributed by atoms with van der Waals surface area (Å²) in [5.74, 6) is -0.177. The van der Waals surface area contributed by atoms with E-state index in [1.54, 1.807) is 24.3 Å². The van der Waals surface area contributed by atoms with E-state index in [1.165, 1.54) is 12.1 Å². The quantitative estimate of drug-likeness (QED) is 0.560. The zero-order chi connectivity index (χ0) is 14.3. The molecule has 0 atom stereocenters. The standard InChI is InChI=1S/C14H6Cl3FN2/c15-8-3-1-7(2-4-8)14-19-12-10(18)6-5-9(16)11(12)13(17)20-14/h1-6H. The van der Waals surface area contributed by atoms with Gasteiger partial charge in [-0.2, -0.15) is 0 Å². The van der Waals surface area contributed by atoms with E-state index in [0.29, 0.717) is 26.8 Å². The number of aromatic nitrogens is 2. The van der Waals surface area contributed by atoms with Gasteiger partial charge in [-0.1, -0.05) is 34.8 Å². The maximum absolute atomic E-state index is 13.9. The van der Waals surface area contributed by atoms with Gasteiger partial charge >= 0.3 is 0 Å². The summed E-state index contributed by atoms with van der Waals surface area (Å²) in [5.41, 5.74) is 0.792. The fraction of sp³-hybridized carbons (Fsp3) is 0. The molecule has 1 aromatic heterocycles. The molecule has 0 fully saturated rings. The van der Waals surface area contributed by atoms with Crippen LogP contribution >= 0.6 is 34.8 Å². The van der Waals surface area contributed by atoms with Gasteiger partial charge in [0.2, 0.25) is 0 Å². The third-order valence-electron chi connectivity index (χ3n) is 2.81. The average Bonchev–Trinajstić information content (AvgIpc) is 2.43. The summed E-state index contributed by atoms with van der Waals surface area (Å²) in [4.78, 5) is 8.36. The van der Waals surface area contributed by atoms with Crippen molar-refractivity contribution in [3.63, 3.8) is 0 Å². The largest absolute Gasteiger partial charge is 0.225 e. The molecule has 0 bridgehead atoms. The molecule has 6 heteroatoms. The molecule has 0 radical (unpaired) electrons. The molecule has 0 saturated carbocycles. The van der Waals surface area contributed by atoms with Crippen LogP contribution in [0.15, 0.2) is 36.4 Å². The summed E-state index contributed by atoms with van der Waals surface area (Å²) < 4.78 is 13.9. The SMILES string of the molecule is Fc1ccc(Cl)c2c(Cl)nc(-c3ccc(Cl)cc3)nc12. The van der Waals surface area contributed by atoms with Crippen molar-refractivity contribution in [1.29, 1.82) is 0 Å². The summed E-state index contributed by atoms with van der Waals surface area (Å²) in [5, 5.41) is 1.33. The van der Waals surface area contributed by atoms with Gasteiger partial charge in [-0.05, 0) is 36.4 Å². The second-order valence-corrected chi connectivity index (χ2v) is 5.30. The molecular formula is C14H6Cl3FN2. The fourth-order valence-electron chi connectivity index (χ4n) is 1.85. The van der Waals surface area contributed by atoms with Crippen molar-refractivity contribution in [3.8, 4) is 11.4 Å². The first-order valence-corrected chi connectivity index (χ1v) is 6.77. The van der Waals surface area contributed by atoms with Crippen LogP contribution in [0.2, 0.25) is 15.2 Å². The highest BCUT2D eigenvalue weighted by atomic mass is 35.5. The van der Waals surface area contributed by atoms with Crippen molar-refractivity contribution >= 4 is 45.7 Å². The highest BCUT2D eigenvalue weighted by molar-refractivity contribution is 6.41. The number of benzene rings is 2. The number of hydrogen-bond donors (Lipinski definition) is 0. The molecule has 0 aliphatic heterocycles. The topological polar surface area (TPSA) is 25.8 Å². The third-order valence-corrected chi connectivity index (χ3v) is 3.65. The Hall–Kier alpha value is -1.42. The lowest BCUT2D eigenvalue weighted by molar-refractivity contribution is 0.636. The Morgan fingerprint density at radius 1 is 0.850 bits per heavy atom. The highest BCUT2D eigenvalue weighted by Gasteiger charge is 2.14. The van der Waals surface area contributed by atoms with Crippen LogP contribution in [-0.4, -0.2) is 9.97 Å². The van der Waals surface area contributed by atoms with Gasteiger partial charge in [0.15, 0.2) is 5.82 Å². The number of fused-ring (bicyclic) bond motifs is 1. The van der Waals surface area contributed by atoms with E-state index >= 15 is 0 Å². The Balaban J connectivity index is 2.29. The molecule has 100 valence electrons. The molecule has 0 saturated heterocycles. The van der Waals surface area contributed by atoms with E-state index in [1.807, 2.05) is 0 Å². The van der Waals surface area contributed by atoms with Crippen LogP contribution in [0.1, 0.15) is 0 Å². The first-order chi connectivity index (χ1) is 9.56. The second-order valence-electron chi connectivity index (χ2n) is 4.10. The van der Waals surface area contributed by atoms with E-state index in [2.05, 4.69) is 9.97 Å². The van der Waals surface area contributed by atoms with Gasteiger partial charge in [-0.3, -0.25) is 0 Å². The third kappa shape index (κ3) is 2.33. The predicted octanol–water partition coefficient (Wildman–Crippen LogP) is 5.40. The first kappa shape index (κ1) is 13.6. The molecule has 0 amide bonds. The number of rotatable bonds is 1. The lowest BCUT2D eigenvalue weighted by atomic mass is 10.2. The van der Waals surface area contributed by atoms with E-state index in [4.69, 9.17) is 34.8 Å². The summed E-state index contributed by atoms with van der Waals surface area (Å²) in [6, 6.07) is 9.56. The Bertz CT molecular complexity index is 804. The van der Waals surface area contributed by atoms with Crippen LogP contribution in [-0.2, 0) is 0 Å². The minimum atomic E-state index is -0.496. The van der Waals surface area contributed by atoms with E-state index in [9.17, 15) is 4.39 Å². The van der Waals surface area contributed by atoms with Crippen LogP contribution < -0.4 is 0 Å². The first-order valence-electron chi connectivity index (χ1n) is 5.63. The van der Waals surface area contributed by atoms with Crippen molar-refractivity contribution < 1.29 is 4.39 Å². The molecule has 3 rings (SSSR count). The van der Waals surface area contributed by atoms with Crippen molar-refractivity contribution in [2.75, 3.05) is 0 Å². The molecule has 0 spiro atoms. The van der Waals surface area contributed by atoms with E-state index in [0.717, 1.165) is 0 Å². The minimum absolute atomic E-state index is 0.0995. The Labute approximate surface area is 129 Å². The van der Waals surface area contributed by atoms with Gasteiger partial charge in [-0.25, -0.2) is 14.4 Å². The molecule has 0 unspecified atom stereocenters. The van der Waals surface area contributed by atoms with Gasteiger partial charge in [0.05, 0.1) is 10.4 Å². The smallest absolute Gasteiger partial charge is 0.161 e. The molecule has 0 N–H and O–H groups in total. The van der Waals surface area contributed by atoms with Crippen LogP contribution in [0.5, 0.6) is 0 Å². The van der Waals surface area contributed by atoms with Gasteiger partial charge in [0.25, 0.3) is 0 Å². The van der Waals surface area contributed by atoms with Crippen LogP contribution in [0.25, 0.3) is 22.3 Å². The zero-order valence-electron chi connectivity index (χ0n) is 9.87. The van der Waals surface area contributed by atoms with Crippen LogP contribution in [0.3, 0.4) is 0 Å². The summed E-state index contributed by atoms with van der Waals surface area (Å²) in [6.45, 7) is 0. The van der Waals surface area contributed by atoms with Gasteiger partial charge < -0.3 is 0 Å². The number of halogens is 4. The minimum Gasteiger partial charge on any atom is -0.225 e. The lowest BCUT2D eigenvalue weighted by Gasteiger charge is -2.07. The van der Waals surface area contributed by atoms with Crippen LogP contribution in [0, 0.1) is 5.82 Å². The summed E-state index contributed by atoms with van der Waals surface area (Å²) >= 11 is 17.9. The second kappa shape index (κ2) is 5.17. The molecule has 2 aromatic carbocycles. The fourth-order valence-corrected chi connectivity index (χ4v) is 2.54. The Morgan fingerprint density at radius 2 is 1.55 bits per heavy atom. The summed E-state index contributed by atoms with van der Waals surface area (Å²) in [6.07, 6.45) is 0. The van der Waals surface area contributed by atoms with Crippen molar-refractivity contribution in [2.24, 2.45) is 0 Å². The van der Waals surface area contributed by atoms with Gasteiger partial charge in [0.1, 0.15) is 16.5 Å². The average molecular weight is 328 g/mol. The molecule has 0 aliphatic rings. The predicted molar refractivity (Wildman–Crippen MR) is 80.0 cm³/mol. The normalized spacial score (nSPS) is 11.0. The maximum atomic E-state index is 13.9. The highest BCUT2D eigenvalue weighted by Crippen LogP contribution is 2.32. The molecule has 0 aliphatic carbocycles. The van der Waals surface area contributed by atoms with Crippen molar-refractivity contribution in [1.82, 2.24) is 9.97 Å².